The summed E-state index contributed by atoms with van der Waals surface area (Å²) in [6.07, 6.45) is 4.97. The monoisotopic (exact) mass is 209 g/mol. The highest BCUT2D eigenvalue weighted by Crippen LogP contribution is 2.27. The molecule has 0 fully saturated rings. The summed E-state index contributed by atoms with van der Waals surface area (Å²) in [6, 6.07) is 0. The number of nitrogens with zero attached hydrogens (tertiary/aromatic N) is 2. The molecule has 3 nitrogen and oxygen atoms in total. The zero-order chi connectivity index (χ0) is 11.5. The first-order valence-electron chi connectivity index (χ1n) is 5.61. The quantitative estimate of drug-likeness (QED) is 0.808. The van der Waals surface area contributed by atoms with Crippen LogP contribution in [0.15, 0.2) is 12.5 Å². The molecule has 15 heavy (non-hydrogen) atoms. The van der Waals surface area contributed by atoms with Crippen LogP contribution in [0.1, 0.15) is 32.9 Å². The van der Waals surface area contributed by atoms with Crippen molar-refractivity contribution in [2.24, 2.45) is 17.1 Å². The van der Waals surface area contributed by atoms with Crippen LogP contribution in [0.25, 0.3) is 0 Å². The summed E-state index contributed by atoms with van der Waals surface area (Å²) in [5, 5.41) is 0. The van der Waals surface area contributed by atoms with Gasteiger partial charge in [0.1, 0.15) is 0 Å². The first-order valence-corrected chi connectivity index (χ1v) is 5.61. The predicted molar refractivity (Wildman–Crippen MR) is 63.6 cm³/mol. The Morgan fingerprint density at radius 1 is 1.53 bits per heavy atom. The molecule has 1 atom stereocenters. The molecule has 1 heterocycles. The molecule has 1 rings (SSSR count). The summed E-state index contributed by atoms with van der Waals surface area (Å²) < 4.78 is 2.21. The third-order valence-electron chi connectivity index (χ3n) is 2.82. The molecule has 0 aromatic carbocycles. The van der Waals surface area contributed by atoms with Gasteiger partial charge in [-0.15, -0.1) is 0 Å². The lowest BCUT2D eigenvalue weighted by molar-refractivity contribution is 0.238. The van der Waals surface area contributed by atoms with E-state index in [0.717, 1.165) is 19.5 Å². The molecule has 0 bridgehead atoms. The molecular formula is C12H23N3. The fraction of sp³-hybridized carbons (Fsp3) is 0.750. The SMILES string of the molecule is Cc1cncn1CC(C)(C)CC(C)CN. The standard InChI is InChI=1S/C12H23N3/c1-10(6-13)5-12(3,4)8-15-9-14-7-11(15)2/h7,9-10H,5-6,8,13H2,1-4H3. The molecular weight excluding hydrogens is 186 g/mol. The van der Waals surface area contributed by atoms with E-state index in [9.17, 15) is 0 Å². The van der Waals surface area contributed by atoms with E-state index < -0.39 is 0 Å². The van der Waals surface area contributed by atoms with Gasteiger partial charge in [-0.1, -0.05) is 20.8 Å². The number of hydrogen-bond acceptors (Lipinski definition) is 2. The zero-order valence-electron chi connectivity index (χ0n) is 10.3. The van der Waals surface area contributed by atoms with Gasteiger partial charge < -0.3 is 10.3 Å². The van der Waals surface area contributed by atoms with Gasteiger partial charge in [0.05, 0.1) is 6.33 Å². The Morgan fingerprint density at radius 3 is 2.67 bits per heavy atom. The highest BCUT2D eigenvalue weighted by Gasteiger charge is 2.21. The summed E-state index contributed by atoms with van der Waals surface area (Å²) in [5.41, 5.74) is 7.17. The van der Waals surface area contributed by atoms with Crippen LogP contribution >= 0.6 is 0 Å². The van der Waals surface area contributed by atoms with Crippen molar-refractivity contribution < 1.29 is 0 Å². The molecule has 0 saturated carbocycles. The van der Waals surface area contributed by atoms with Crippen LogP contribution in [0, 0.1) is 18.3 Å². The number of imidazole rings is 1. The van der Waals surface area contributed by atoms with Gasteiger partial charge in [-0.3, -0.25) is 0 Å². The van der Waals surface area contributed by atoms with E-state index in [1.165, 1.54) is 5.69 Å². The minimum absolute atomic E-state index is 0.282. The summed E-state index contributed by atoms with van der Waals surface area (Å²) in [5.74, 6) is 0.587. The fourth-order valence-electron chi connectivity index (χ4n) is 2.10. The molecule has 0 amide bonds. The molecule has 1 aromatic heterocycles. The number of hydrogen-bond donors (Lipinski definition) is 1. The maximum Gasteiger partial charge on any atom is 0.0948 e. The normalized spacial score (nSPS) is 14.2. The first-order chi connectivity index (χ1) is 6.94. The van der Waals surface area contributed by atoms with Crippen molar-refractivity contribution in [3.05, 3.63) is 18.2 Å². The molecule has 2 N–H and O–H groups in total. The van der Waals surface area contributed by atoms with Crippen LogP contribution in [0.5, 0.6) is 0 Å². The molecule has 0 aliphatic rings. The number of rotatable bonds is 5. The van der Waals surface area contributed by atoms with Gasteiger partial charge >= 0.3 is 0 Å². The maximum atomic E-state index is 5.66. The van der Waals surface area contributed by atoms with Crippen molar-refractivity contribution >= 4 is 0 Å². The first kappa shape index (κ1) is 12.2. The van der Waals surface area contributed by atoms with E-state index >= 15 is 0 Å². The Labute approximate surface area is 92.7 Å². The molecule has 0 radical (unpaired) electrons. The van der Waals surface area contributed by atoms with Gasteiger partial charge in [0.25, 0.3) is 0 Å². The van der Waals surface area contributed by atoms with E-state index in [4.69, 9.17) is 5.73 Å². The molecule has 0 aliphatic carbocycles. The van der Waals surface area contributed by atoms with Gasteiger partial charge in [0.2, 0.25) is 0 Å². The number of nitrogens with two attached hydrogens (primary N) is 1. The molecule has 3 heteroatoms. The Morgan fingerprint density at radius 2 is 2.20 bits per heavy atom. The second kappa shape index (κ2) is 4.79. The Balaban J connectivity index is 2.60. The summed E-state index contributed by atoms with van der Waals surface area (Å²) in [6.45, 7) is 10.7. The fourth-order valence-corrected chi connectivity index (χ4v) is 2.10. The lowest BCUT2D eigenvalue weighted by Crippen LogP contribution is -2.25. The third kappa shape index (κ3) is 3.67. The molecule has 86 valence electrons. The topological polar surface area (TPSA) is 43.8 Å². The van der Waals surface area contributed by atoms with Gasteiger partial charge in [-0.05, 0) is 31.2 Å². The highest BCUT2D eigenvalue weighted by atomic mass is 15.0. The molecule has 0 spiro atoms. The van der Waals surface area contributed by atoms with Gasteiger partial charge in [0.15, 0.2) is 0 Å². The molecule has 1 aromatic rings. The largest absolute Gasteiger partial charge is 0.334 e. The van der Waals surface area contributed by atoms with Crippen LogP contribution < -0.4 is 5.73 Å². The number of aryl methyl sites for hydroxylation is 1. The van der Waals surface area contributed by atoms with Gasteiger partial charge in [0, 0.05) is 18.4 Å². The highest BCUT2D eigenvalue weighted by molar-refractivity contribution is 4.95. The van der Waals surface area contributed by atoms with Crippen LogP contribution in [0.2, 0.25) is 0 Å². The summed E-state index contributed by atoms with van der Waals surface area (Å²) in [7, 11) is 0. The lowest BCUT2D eigenvalue weighted by atomic mass is 9.83. The maximum absolute atomic E-state index is 5.66. The van der Waals surface area contributed by atoms with Crippen molar-refractivity contribution in [2.75, 3.05) is 6.54 Å². The third-order valence-corrected chi connectivity index (χ3v) is 2.82. The minimum atomic E-state index is 0.282. The van der Waals surface area contributed by atoms with Crippen molar-refractivity contribution in [3.63, 3.8) is 0 Å². The predicted octanol–water partition coefficient (Wildman–Crippen LogP) is 2.20. The van der Waals surface area contributed by atoms with Crippen LogP contribution in [-0.4, -0.2) is 16.1 Å². The summed E-state index contributed by atoms with van der Waals surface area (Å²) >= 11 is 0. The van der Waals surface area contributed by atoms with E-state index in [1.54, 1.807) is 0 Å². The molecule has 0 saturated heterocycles. The van der Waals surface area contributed by atoms with E-state index in [-0.39, 0.29) is 5.41 Å². The Kier molecular flexibility index (Phi) is 3.91. The van der Waals surface area contributed by atoms with E-state index in [1.807, 2.05) is 12.5 Å². The smallest absolute Gasteiger partial charge is 0.0948 e. The second-order valence-corrected chi connectivity index (χ2v) is 5.37. The number of aromatic nitrogens is 2. The zero-order valence-corrected chi connectivity index (χ0v) is 10.3. The Hall–Kier alpha value is -0.830. The van der Waals surface area contributed by atoms with E-state index in [0.29, 0.717) is 5.92 Å². The van der Waals surface area contributed by atoms with Gasteiger partial charge in [-0.25, -0.2) is 4.98 Å². The average molecular weight is 209 g/mol. The van der Waals surface area contributed by atoms with E-state index in [2.05, 4.69) is 37.2 Å². The van der Waals surface area contributed by atoms with Crippen LogP contribution in [0.4, 0.5) is 0 Å². The minimum Gasteiger partial charge on any atom is -0.334 e. The average Bonchev–Trinajstić information content (AvgIpc) is 2.50. The van der Waals surface area contributed by atoms with Crippen LogP contribution in [-0.2, 0) is 6.54 Å². The van der Waals surface area contributed by atoms with Crippen molar-refractivity contribution in [3.8, 4) is 0 Å². The Bertz CT molecular complexity index is 302. The van der Waals surface area contributed by atoms with Crippen molar-refractivity contribution in [1.29, 1.82) is 0 Å². The van der Waals surface area contributed by atoms with Crippen LogP contribution in [0.3, 0.4) is 0 Å². The molecule has 1 unspecified atom stereocenters. The summed E-state index contributed by atoms with van der Waals surface area (Å²) in [4.78, 5) is 4.14. The van der Waals surface area contributed by atoms with Gasteiger partial charge in [-0.2, -0.15) is 0 Å². The van der Waals surface area contributed by atoms with Crippen molar-refractivity contribution in [1.82, 2.24) is 9.55 Å². The lowest BCUT2D eigenvalue weighted by Gasteiger charge is -2.28. The van der Waals surface area contributed by atoms with Crippen molar-refractivity contribution in [2.45, 2.75) is 40.7 Å². The molecule has 0 aliphatic heterocycles. The second-order valence-electron chi connectivity index (χ2n) is 5.37.